The minimum atomic E-state index is -3.46. The van der Waals surface area contributed by atoms with Crippen molar-refractivity contribution in [2.75, 3.05) is 0 Å². The fourth-order valence-electron chi connectivity index (χ4n) is 1.90. The maximum absolute atomic E-state index is 12.8. The van der Waals surface area contributed by atoms with Crippen molar-refractivity contribution in [2.24, 2.45) is 0 Å². The van der Waals surface area contributed by atoms with Crippen molar-refractivity contribution in [3.8, 4) is 0 Å². The number of rotatable bonds is 6. The minimum absolute atomic E-state index is 0.165. The molecule has 20 heavy (non-hydrogen) atoms. The molecule has 0 saturated heterocycles. The predicted octanol–water partition coefficient (Wildman–Crippen LogP) is 1.53. The molecule has 0 fully saturated rings. The Morgan fingerprint density at radius 3 is 2.65 bits per heavy atom. The molecule has 0 spiro atoms. The molecule has 0 saturated carbocycles. The summed E-state index contributed by atoms with van der Waals surface area (Å²) in [6, 6.07) is 5.18. The SMILES string of the molecule is C[C@H](Cn1ccnc1)NS(=O)(=O)Cc1ccc(F)cc1. The highest BCUT2D eigenvalue weighted by atomic mass is 32.2. The number of sulfonamides is 1. The molecule has 1 aromatic carbocycles. The molecule has 0 unspecified atom stereocenters. The molecule has 0 bridgehead atoms. The van der Waals surface area contributed by atoms with Crippen LogP contribution in [0.5, 0.6) is 0 Å². The van der Waals surface area contributed by atoms with Gasteiger partial charge in [0.2, 0.25) is 10.0 Å². The summed E-state index contributed by atoms with van der Waals surface area (Å²) in [5.74, 6) is -0.547. The summed E-state index contributed by atoms with van der Waals surface area (Å²) in [6.07, 6.45) is 5.04. The summed E-state index contributed by atoms with van der Waals surface area (Å²) in [5.41, 5.74) is 0.550. The number of halogens is 1. The van der Waals surface area contributed by atoms with E-state index in [0.717, 1.165) is 0 Å². The third-order valence-electron chi connectivity index (χ3n) is 2.69. The van der Waals surface area contributed by atoms with Crippen molar-refractivity contribution in [1.82, 2.24) is 14.3 Å². The lowest BCUT2D eigenvalue weighted by molar-refractivity contribution is 0.520. The van der Waals surface area contributed by atoms with Gasteiger partial charge in [0.15, 0.2) is 0 Å². The molecular weight excluding hydrogens is 281 g/mol. The molecule has 2 aromatic rings. The quantitative estimate of drug-likeness (QED) is 0.879. The third kappa shape index (κ3) is 4.43. The number of nitrogens with one attached hydrogen (secondary N) is 1. The third-order valence-corrected chi connectivity index (χ3v) is 4.17. The van der Waals surface area contributed by atoms with E-state index in [1.165, 1.54) is 24.3 Å². The summed E-state index contributed by atoms with van der Waals surface area (Å²) >= 11 is 0. The number of hydrogen-bond acceptors (Lipinski definition) is 3. The normalized spacial score (nSPS) is 13.3. The number of aromatic nitrogens is 2. The second-order valence-corrected chi connectivity index (χ2v) is 6.42. The smallest absolute Gasteiger partial charge is 0.216 e. The van der Waals surface area contributed by atoms with Crippen LogP contribution >= 0.6 is 0 Å². The van der Waals surface area contributed by atoms with E-state index in [9.17, 15) is 12.8 Å². The van der Waals surface area contributed by atoms with Crippen LogP contribution in [0.4, 0.5) is 4.39 Å². The van der Waals surface area contributed by atoms with Gasteiger partial charge in [-0.1, -0.05) is 12.1 Å². The van der Waals surface area contributed by atoms with Gasteiger partial charge in [0, 0.05) is 25.0 Å². The lowest BCUT2D eigenvalue weighted by atomic mass is 10.2. The van der Waals surface area contributed by atoms with Crippen molar-refractivity contribution in [2.45, 2.75) is 25.3 Å². The van der Waals surface area contributed by atoms with E-state index in [2.05, 4.69) is 9.71 Å². The minimum Gasteiger partial charge on any atom is -0.336 e. The van der Waals surface area contributed by atoms with Crippen molar-refractivity contribution < 1.29 is 12.8 Å². The number of hydrogen-bond donors (Lipinski definition) is 1. The molecule has 5 nitrogen and oxygen atoms in total. The van der Waals surface area contributed by atoms with Gasteiger partial charge in [-0.25, -0.2) is 22.5 Å². The predicted molar refractivity (Wildman–Crippen MR) is 73.8 cm³/mol. The van der Waals surface area contributed by atoms with Gasteiger partial charge >= 0.3 is 0 Å². The standard InChI is InChI=1S/C13H16FN3O2S/c1-11(8-17-7-6-15-10-17)16-20(18,19)9-12-2-4-13(14)5-3-12/h2-7,10-11,16H,8-9H2,1H3/t11-/m1/s1. The van der Waals surface area contributed by atoms with Gasteiger partial charge in [-0.15, -0.1) is 0 Å². The van der Waals surface area contributed by atoms with Crippen LogP contribution in [0, 0.1) is 5.82 Å². The maximum Gasteiger partial charge on any atom is 0.216 e. The summed E-state index contributed by atoms with van der Waals surface area (Å²) in [4.78, 5) is 3.90. The molecule has 1 heterocycles. The largest absolute Gasteiger partial charge is 0.336 e. The highest BCUT2D eigenvalue weighted by Gasteiger charge is 2.15. The van der Waals surface area contributed by atoms with Crippen LogP contribution in [-0.2, 0) is 22.3 Å². The number of nitrogens with zero attached hydrogens (tertiary/aromatic N) is 2. The summed E-state index contributed by atoms with van der Waals surface area (Å²) in [5, 5.41) is 0. The van der Waals surface area contributed by atoms with Crippen molar-refractivity contribution >= 4 is 10.0 Å². The molecule has 0 aliphatic rings. The Morgan fingerprint density at radius 2 is 2.05 bits per heavy atom. The molecular formula is C13H16FN3O2S. The Bertz CT molecular complexity index is 639. The van der Waals surface area contributed by atoms with Gasteiger partial charge in [-0.05, 0) is 24.6 Å². The first-order valence-corrected chi connectivity index (χ1v) is 7.80. The van der Waals surface area contributed by atoms with Gasteiger partial charge in [-0.3, -0.25) is 0 Å². The Kier molecular flexibility index (Phi) is 4.51. The fraction of sp³-hybridized carbons (Fsp3) is 0.308. The highest BCUT2D eigenvalue weighted by Crippen LogP contribution is 2.07. The van der Waals surface area contributed by atoms with Gasteiger partial charge in [-0.2, -0.15) is 0 Å². The van der Waals surface area contributed by atoms with Gasteiger partial charge in [0.25, 0.3) is 0 Å². The summed E-state index contributed by atoms with van der Waals surface area (Å²) in [7, 11) is -3.46. The Hall–Kier alpha value is -1.73. The fourth-order valence-corrected chi connectivity index (χ4v) is 3.30. The molecule has 0 aliphatic carbocycles. The van der Waals surface area contributed by atoms with Gasteiger partial charge < -0.3 is 4.57 Å². The zero-order valence-corrected chi connectivity index (χ0v) is 11.8. The van der Waals surface area contributed by atoms with Crippen LogP contribution in [0.1, 0.15) is 12.5 Å². The Morgan fingerprint density at radius 1 is 1.35 bits per heavy atom. The molecule has 0 amide bonds. The van der Waals surface area contributed by atoms with Gasteiger partial charge in [0.05, 0.1) is 12.1 Å². The van der Waals surface area contributed by atoms with E-state index in [-0.39, 0.29) is 17.6 Å². The van der Waals surface area contributed by atoms with Crippen LogP contribution in [0.15, 0.2) is 43.0 Å². The van der Waals surface area contributed by atoms with Crippen LogP contribution < -0.4 is 4.72 Å². The Balaban J connectivity index is 1.94. The van der Waals surface area contributed by atoms with E-state index >= 15 is 0 Å². The highest BCUT2D eigenvalue weighted by molar-refractivity contribution is 7.88. The van der Waals surface area contributed by atoms with Crippen molar-refractivity contribution in [3.63, 3.8) is 0 Å². The molecule has 0 aliphatic heterocycles. The summed E-state index contributed by atoms with van der Waals surface area (Å²) in [6.45, 7) is 2.28. The van der Waals surface area contributed by atoms with E-state index in [4.69, 9.17) is 0 Å². The first kappa shape index (κ1) is 14.7. The molecule has 1 N–H and O–H groups in total. The topological polar surface area (TPSA) is 64.0 Å². The van der Waals surface area contributed by atoms with Crippen LogP contribution in [0.25, 0.3) is 0 Å². The second kappa shape index (κ2) is 6.15. The van der Waals surface area contributed by atoms with Crippen LogP contribution in [0.2, 0.25) is 0 Å². The monoisotopic (exact) mass is 297 g/mol. The lowest BCUT2D eigenvalue weighted by Gasteiger charge is -2.14. The zero-order valence-electron chi connectivity index (χ0n) is 11.0. The molecule has 108 valence electrons. The van der Waals surface area contributed by atoms with Crippen molar-refractivity contribution in [3.05, 3.63) is 54.4 Å². The Labute approximate surface area is 117 Å². The lowest BCUT2D eigenvalue weighted by Crippen LogP contribution is -2.36. The zero-order chi connectivity index (χ0) is 14.6. The first-order chi connectivity index (χ1) is 9.44. The first-order valence-electron chi connectivity index (χ1n) is 6.15. The van der Waals surface area contributed by atoms with E-state index in [1.807, 2.05) is 0 Å². The molecule has 7 heteroatoms. The second-order valence-electron chi connectivity index (χ2n) is 4.66. The number of benzene rings is 1. The molecule has 0 radical (unpaired) electrons. The summed E-state index contributed by atoms with van der Waals surface area (Å²) < 4.78 is 41.1. The van der Waals surface area contributed by atoms with Crippen molar-refractivity contribution in [1.29, 1.82) is 0 Å². The van der Waals surface area contributed by atoms with Crippen LogP contribution in [-0.4, -0.2) is 24.0 Å². The van der Waals surface area contributed by atoms with Gasteiger partial charge in [0.1, 0.15) is 5.82 Å². The average molecular weight is 297 g/mol. The molecule has 2 rings (SSSR count). The van der Waals surface area contributed by atoms with E-state index in [0.29, 0.717) is 12.1 Å². The average Bonchev–Trinajstić information content (AvgIpc) is 2.83. The molecule has 1 atom stereocenters. The van der Waals surface area contributed by atoms with Crippen LogP contribution in [0.3, 0.4) is 0 Å². The number of imidazole rings is 1. The molecule has 1 aromatic heterocycles. The maximum atomic E-state index is 12.8. The van der Waals surface area contributed by atoms with E-state index < -0.39 is 10.0 Å². The van der Waals surface area contributed by atoms with E-state index in [1.54, 1.807) is 30.2 Å².